The Morgan fingerprint density at radius 1 is 1.42 bits per heavy atom. The van der Waals surface area contributed by atoms with Gasteiger partial charge in [-0.15, -0.1) is 0 Å². The van der Waals surface area contributed by atoms with Crippen molar-refractivity contribution in [3.63, 3.8) is 0 Å². The van der Waals surface area contributed by atoms with Crippen molar-refractivity contribution >= 4 is 23.3 Å². The second-order valence-electron chi connectivity index (χ2n) is 7.38. The zero-order valence-electron chi connectivity index (χ0n) is 15.5. The molecule has 1 saturated heterocycles. The number of morpholine rings is 1. The third kappa shape index (κ3) is 5.25. The largest absolute Gasteiger partial charge is 0.491 e. The van der Waals surface area contributed by atoms with Crippen LogP contribution in [0.1, 0.15) is 19.3 Å². The molecule has 1 aliphatic carbocycles. The van der Waals surface area contributed by atoms with Gasteiger partial charge in [0.25, 0.3) is 0 Å². The van der Waals surface area contributed by atoms with E-state index >= 15 is 0 Å². The Kier molecular flexibility index (Phi) is 6.62. The van der Waals surface area contributed by atoms with Crippen LogP contribution in [0, 0.1) is 5.92 Å². The highest BCUT2D eigenvalue weighted by Gasteiger charge is 2.25. The van der Waals surface area contributed by atoms with E-state index in [1.807, 2.05) is 20.2 Å². The zero-order valence-corrected chi connectivity index (χ0v) is 16.3. The van der Waals surface area contributed by atoms with E-state index in [-0.39, 0.29) is 12.1 Å². The molecule has 0 aromatic heterocycles. The van der Waals surface area contributed by atoms with Crippen molar-refractivity contribution < 1.29 is 14.3 Å². The molecule has 0 radical (unpaired) electrons. The summed E-state index contributed by atoms with van der Waals surface area (Å²) in [6.07, 6.45) is 3.74. The van der Waals surface area contributed by atoms with Crippen LogP contribution in [-0.2, 0) is 4.74 Å². The van der Waals surface area contributed by atoms with Crippen molar-refractivity contribution in [1.82, 2.24) is 9.80 Å². The van der Waals surface area contributed by atoms with Crippen molar-refractivity contribution in [1.29, 1.82) is 0 Å². The molecule has 0 spiro atoms. The second kappa shape index (κ2) is 8.93. The summed E-state index contributed by atoms with van der Waals surface area (Å²) in [6.45, 7) is 3.17. The summed E-state index contributed by atoms with van der Waals surface area (Å²) in [6, 6.07) is 5.21. The molecule has 1 atom stereocenters. The predicted molar refractivity (Wildman–Crippen MR) is 103 cm³/mol. The molecule has 2 amide bonds. The van der Waals surface area contributed by atoms with Gasteiger partial charge in [0.05, 0.1) is 25.0 Å². The quantitative estimate of drug-likeness (QED) is 0.821. The minimum absolute atomic E-state index is 0.0261. The number of hydrogen-bond acceptors (Lipinski definition) is 4. The molecule has 2 aliphatic rings. The smallest absolute Gasteiger partial charge is 0.322 e. The van der Waals surface area contributed by atoms with Crippen molar-refractivity contribution in [3.8, 4) is 5.75 Å². The van der Waals surface area contributed by atoms with Crippen LogP contribution >= 0.6 is 11.6 Å². The summed E-state index contributed by atoms with van der Waals surface area (Å²) in [5.74, 6) is 1.30. The molecular formula is C19H28ClN3O3. The molecule has 1 aliphatic heterocycles. The SMILES string of the molecule is CN(C)CC1CN(C(=O)Nc2cc(Cl)ccc2OCC2CCC2)CCO1. The highest BCUT2D eigenvalue weighted by molar-refractivity contribution is 6.31. The highest BCUT2D eigenvalue weighted by Crippen LogP contribution is 2.32. The molecular weight excluding hydrogens is 354 g/mol. The predicted octanol–water partition coefficient (Wildman–Crippen LogP) is 3.31. The van der Waals surface area contributed by atoms with Crippen LogP contribution in [0.25, 0.3) is 0 Å². The number of rotatable bonds is 6. The first-order valence-corrected chi connectivity index (χ1v) is 9.63. The lowest BCUT2D eigenvalue weighted by Gasteiger charge is -2.34. The maximum atomic E-state index is 12.7. The van der Waals surface area contributed by atoms with Gasteiger partial charge in [0.15, 0.2) is 0 Å². The molecule has 0 bridgehead atoms. The normalized spacial score (nSPS) is 20.8. The van der Waals surface area contributed by atoms with E-state index in [1.165, 1.54) is 19.3 Å². The first kappa shape index (κ1) is 19.3. The molecule has 3 rings (SSSR count). The van der Waals surface area contributed by atoms with Gasteiger partial charge in [-0.05, 0) is 51.1 Å². The number of nitrogens with one attached hydrogen (secondary N) is 1. The molecule has 1 unspecified atom stereocenters. The lowest BCUT2D eigenvalue weighted by molar-refractivity contribution is -0.0229. The van der Waals surface area contributed by atoms with Crippen LogP contribution in [0.2, 0.25) is 5.02 Å². The van der Waals surface area contributed by atoms with E-state index in [1.54, 1.807) is 17.0 Å². The molecule has 26 heavy (non-hydrogen) atoms. The lowest BCUT2D eigenvalue weighted by Crippen LogP contribution is -2.50. The fourth-order valence-corrected chi connectivity index (χ4v) is 3.38. The summed E-state index contributed by atoms with van der Waals surface area (Å²) < 4.78 is 11.7. The first-order chi connectivity index (χ1) is 12.5. The topological polar surface area (TPSA) is 54.0 Å². The molecule has 1 saturated carbocycles. The summed E-state index contributed by atoms with van der Waals surface area (Å²) >= 11 is 6.12. The first-order valence-electron chi connectivity index (χ1n) is 9.26. The van der Waals surface area contributed by atoms with E-state index in [4.69, 9.17) is 21.1 Å². The number of urea groups is 1. The number of anilines is 1. The third-order valence-electron chi connectivity index (χ3n) is 4.88. The number of halogens is 1. The lowest BCUT2D eigenvalue weighted by atomic mass is 9.86. The summed E-state index contributed by atoms with van der Waals surface area (Å²) in [7, 11) is 4.00. The number of carbonyl (C=O) groups excluding carboxylic acids is 1. The summed E-state index contributed by atoms with van der Waals surface area (Å²) in [5, 5.41) is 3.54. The minimum atomic E-state index is -0.146. The Labute approximate surface area is 160 Å². The van der Waals surface area contributed by atoms with Gasteiger partial charge in [0.1, 0.15) is 5.75 Å². The number of benzene rings is 1. The number of carbonyl (C=O) groups is 1. The van der Waals surface area contributed by atoms with Crippen molar-refractivity contribution in [2.24, 2.45) is 5.92 Å². The van der Waals surface area contributed by atoms with E-state index in [9.17, 15) is 4.79 Å². The van der Waals surface area contributed by atoms with Crippen LogP contribution in [-0.4, -0.2) is 68.9 Å². The Bertz CT molecular complexity index is 622. The van der Waals surface area contributed by atoms with Gasteiger partial charge in [-0.3, -0.25) is 0 Å². The Morgan fingerprint density at radius 2 is 2.23 bits per heavy atom. The monoisotopic (exact) mass is 381 g/mol. The maximum absolute atomic E-state index is 12.7. The van der Waals surface area contributed by atoms with Crippen LogP contribution < -0.4 is 10.1 Å². The van der Waals surface area contributed by atoms with E-state index < -0.39 is 0 Å². The number of likely N-dealkylation sites (N-methyl/N-ethyl adjacent to an activating group) is 1. The van der Waals surface area contributed by atoms with Crippen molar-refractivity contribution in [3.05, 3.63) is 23.2 Å². The molecule has 6 nitrogen and oxygen atoms in total. The number of ether oxygens (including phenoxy) is 2. The van der Waals surface area contributed by atoms with Crippen molar-refractivity contribution in [2.45, 2.75) is 25.4 Å². The highest BCUT2D eigenvalue weighted by atomic mass is 35.5. The summed E-state index contributed by atoms with van der Waals surface area (Å²) in [4.78, 5) is 16.6. The fourth-order valence-electron chi connectivity index (χ4n) is 3.21. The standard InChI is InChI=1S/C19H28ClN3O3/c1-22(2)11-16-12-23(8-9-25-16)19(24)21-17-10-15(20)6-7-18(17)26-13-14-4-3-5-14/h6-7,10,14,16H,3-5,8-9,11-13H2,1-2H3,(H,21,24). The number of hydrogen-bond donors (Lipinski definition) is 1. The van der Waals surface area contributed by atoms with Gasteiger partial charge in [0.2, 0.25) is 0 Å². The molecule has 144 valence electrons. The maximum Gasteiger partial charge on any atom is 0.322 e. The van der Waals surface area contributed by atoms with Crippen LogP contribution in [0.15, 0.2) is 18.2 Å². The Morgan fingerprint density at radius 3 is 2.92 bits per heavy atom. The summed E-state index contributed by atoms with van der Waals surface area (Å²) in [5.41, 5.74) is 0.623. The molecule has 1 aromatic carbocycles. The average molecular weight is 382 g/mol. The van der Waals surface area contributed by atoms with Crippen LogP contribution in [0.4, 0.5) is 10.5 Å². The molecule has 1 aromatic rings. The van der Waals surface area contributed by atoms with Gasteiger partial charge in [0, 0.05) is 24.7 Å². The number of nitrogens with zero attached hydrogens (tertiary/aromatic N) is 2. The molecule has 1 N–H and O–H groups in total. The van der Waals surface area contributed by atoms with Gasteiger partial charge in [-0.2, -0.15) is 0 Å². The van der Waals surface area contributed by atoms with Gasteiger partial charge in [-0.1, -0.05) is 18.0 Å². The Hall–Kier alpha value is -1.50. The fraction of sp³-hybridized carbons (Fsp3) is 0.632. The average Bonchev–Trinajstić information content (AvgIpc) is 2.55. The van der Waals surface area contributed by atoms with E-state index in [0.717, 1.165) is 6.54 Å². The van der Waals surface area contributed by atoms with Gasteiger partial charge >= 0.3 is 6.03 Å². The minimum Gasteiger partial charge on any atom is -0.491 e. The second-order valence-corrected chi connectivity index (χ2v) is 7.82. The number of amides is 2. The van der Waals surface area contributed by atoms with Gasteiger partial charge in [-0.25, -0.2) is 4.79 Å². The molecule has 1 heterocycles. The Balaban J connectivity index is 1.61. The van der Waals surface area contributed by atoms with Crippen LogP contribution in [0.5, 0.6) is 5.75 Å². The zero-order chi connectivity index (χ0) is 18.5. The van der Waals surface area contributed by atoms with Crippen LogP contribution in [0.3, 0.4) is 0 Å². The van der Waals surface area contributed by atoms with Crippen molar-refractivity contribution in [2.75, 3.05) is 52.3 Å². The third-order valence-corrected chi connectivity index (χ3v) is 5.11. The van der Waals surface area contributed by atoms with Gasteiger partial charge < -0.3 is 24.6 Å². The van der Waals surface area contributed by atoms with E-state index in [2.05, 4.69) is 10.2 Å². The van der Waals surface area contributed by atoms with E-state index in [0.29, 0.717) is 48.7 Å². The molecule has 2 fully saturated rings. The molecule has 7 heteroatoms.